The fourth-order valence-corrected chi connectivity index (χ4v) is 2.89. The third kappa shape index (κ3) is 4.87. The lowest BCUT2D eigenvalue weighted by Crippen LogP contribution is -2.42. The lowest BCUT2D eigenvalue weighted by Gasteiger charge is -2.06. The van der Waals surface area contributed by atoms with Crippen molar-refractivity contribution in [3.8, 4) is 11.3 Å². The molecule has 0 bridgehead atoms. The second-order valence-electron chi connectivity index (χ2n) is 5.27. The third-order valence-electron chi connectivity index (χ3n) is 3.40. The first-order valence-electron chi connectivity index (χ1n) is 7.70. The van der Waals surface area contributed by atoms with Crippen LogP contribution in [0.4, 0.5) is 0 Å². The summed E-state index contributed by atoms with van der Waals surface area (Å²) in [5.41, 5.74) is 7.03. The van der Waals surface area contributed by atoms with Crippen LogP contribution < -0.4 is 10.9 Å². The van der Waals surface area contributed by atoms with E-state index < -0.39 is 5.91 Å². The summed E-state index contributed by atoms with van der Waals surface area (Å²) in [6.45, 7) is 0. The van der Waals surface area contributed by atoms with Crippen LogP contribution in [0.25, 0.3) is 11.3 Å². The highest BCUT2D eigenvalue weighted by atomic mass is 35.5. The van der Waals surface area contributed by atoms with Crippen molar-refractivity contribution in [2.75, 3.05) is 5.75 Å². The summed E-state index contributed by atoms with van der Waals surface area (Å²) < 4.78 is 0. The second kappa shape index (κ2) is 8.55. The maximum absolute atomic E-state index is 11.9. The number of halogens is 1. The molecule has 0 radical (unpaired) electrons. The van der Waals surface area contributed by atoms with Gasteiger partial charge in [0.05, 0.1) is 17.6 Å². The van der Waals surface area contributed by atoms with Gasteiger partial charge in [0.25, 0.3) is 5.91 Å². The highest BCUT2D eigenvalue weighted by Crippen LogP contribution is 2.20. The number of H-pyrrole nitrogens is 1. The number of nitrogens with zero attached hydrogens (tertiary/aromatic N) is 1. The Bertz CT molecular complexity index is 897. The lowest BCUT2D eigenvalue weighted by molar-refractivity contribution is -0.119. The van der Waals surface area contributed by atoms with Crippen LogP contribution >= 0.6 is 23.4 Å². The smallest absolute Gasteiger partial charge is 0.269 e. The average Bonchev–Trinajstić information content (AvgIpc) is 3.15. The molecule has 3 N–H and O–H groups in total. The van der Waals surface area contributed by atoms with Crippen molar-refractivity contribution in [3.63, 3.8) is 0 Å². The number of thioether (sulfide) groups is 1. The quantitative estimate of drug-likeness (QED) is 0.464. The van der Waals surface area contributed by atoms with Crippen LogP contribution in [0.5, 0.6) is 0 Å². The minimum absolute atomic E-state index is 0.114. The van der Waals surface area contributed by atoms with Crippen LogP contribution in [0.2, 0.25) is 5.02 Å². The summed E-state index contributed by atoms with van der Waals surface area (Å²) in [7, 11) is 0. The van der Waals surface area contributed by atoms with Crippen molar-refractivity contribution < 1.29 is 9.59 Å². The first kappa shape index (κ1) is 18.0. The number of nitrogens with one attached hydrogen (secondary N) is 3. The number of carbonyl (C=O) groups excluding carboxylic acids is 2. The van der Waals surface area contributed by atoms with Crippen molar-refractivity contribution in [3.05, 3.63) is 71.4 Å². The molecule has 0 aliphatic heterocycles. The number of benzene rings is 2. The van der Waals surface area contributed by atoms with Crippen molar-refractivity contribution in [2.45, 2.75) is 5.16 Å². The Kier molecular flexibility index (Phi) is 5.93. The Balaban J connectivity index is 1.46. The molecular formula is C18H15ClN4O2S. The van der Waals surface area contributed by atoms with Gasteiger partial charge in [0.1, 0.15) is 0 Å². The molecule has 3 aromatic rings. The highest BCUT2D eigenvalue weighted by Gasteiger charge is 2.09. The Hall–Kier alpha value is -2.77. The zero-order valence-electron chi connectivity index (χ0n) is 13.5. The van der Waals surface area contributed by atoms with E-state index >= 15 is 0 Å². The largest absolute Gasteiger partial charge is 0.333 e. The topological polar surface area (TPSA) is 86.9 Å². The van der Waals surface area contributed by atoms with E-state index in [1.807, 2.05) is 30.3 Å². The van der Waals surface area contributed by atoms with Crippen LogP contribution in [0.3, 0.4) is 0 Å². The molecular weight excluding hydrogens is 372 g/mol. The molecule has 1 heterocycles. The first-order valence-corrected chi connectivity index (χ1v) is 9.06. The number of carbonyl (C=O) groups is 2. The molecule has 0 fully saturated rings. The maximum atomic E-state index is 11.9. The van der Waals surface area contributed by atoms with Gasteiger partial charge in [-0.25, -0.2) is 4.98 Å². The summed E-state index contributed by atoms with van der Waals surface area (Å²) in [5, 5.41) is 1.17. The molecule has 0 saturated heterocycles. The van der Waals surface area contributed by atoms with E-state index in [0.717, 1.165) is 11.3 Å². The van der Waals surface area contributed by atoms with E-state index in [1.54, 1.807) is 30.5 Å². The van der Waals surface area contributed by atoms with Crippen LogP contribution in [0, 0.1) is 0 Å². The van der Waals surface area contributed by atoms with Gasteiger partial charge in [-0.15, -0.1) is 0 Å². The van der Waals surface area contributed by atoms with Gasteiger partial charge < -0.3 is 4.98 Å². The fourth-order valence-electron chi connectivity index (χ4n) is 2.11. The summed E-state index contributed by atoms with van der Waals surface area (Å²) in [5.74, 6) is -0.637. The van der Waals surface area contributed by atoms with Crippen LogP contribution in [0.1, 0.15) is 10.4 Å². The molecule has 0 aliphatic carbocycles. The number of aromatic amines is 1. The molecule has 132 valence electrons. The molecule has 1 aromatic heterocycles. The van der Waals surface area contributed by atoms with E-state index in [-0.39, 0.29) is 11.7 Å². The molecule has 8 heteroatoms. The van der Waals surface area contributed by atoms with Gasteiger partial charge in [-0.3, -0.25) is 20.4 Å². The molecule has 0 unspecified atom stereocenters. The summed E-state index contributed by atoms with van der Waals surface area (Å²) in [6.07, 6.45) is 1.72. The monoisotopic (exact) mass is 386 g/mol. The lowest BCUT2D eigenvalue weighted by atomic mass is 10.2. The molecule has 0 spiro atoms. The minimum Gasteiger partial charge on any atom is -0.333 e. The standard InChI is InChI=1S/C18H15ClN4O2S/c19-14-8-6-13(7-9-14)17(25)23-22-16(24)11-26-18-20-10-15(21-18)12-4-2-1-3-5-12/h1-10H,11H2,(H,20,21)(H,22,24)(H,23,25). The zero-order valence-corrected chi connectivity index (χ0v) is 15.1. The van der Waals surface area contributed by atoms with E-state index in [2.05, 4.69) is 20.8 Å². The molecule has 2 amide bonds. The summed E-state index contributed by atoms with van der Waals surface area (Å²) >= 11 is 7.02. The number of rotatable bonds is 5. The first-order chi connectivity index (χ1) is 12.6. The van der Waals surface area contributed by atoms with Gasteiger partial charge in [-0.1, -0.05) is 53.7 Å². The SMILES string of the molecule is O=C(CSc1ncc(-c2ccccc2)[nH]1)NNC(=O)c1ccc(Cl)cc1. The van der Waals surface area contributed by atoms with Gasteiger partial charge in [-0.05, 0) is 29.8 Å². The van der Waals surface area contributed by atoms with Crippen molar-refractivity contribution in [1.29, 1.82) is 0 Å². The number of hydrazine groups is 1. The molecule has 0 saturated carbocycles. The normalized spacial score (nSPS) is 10.3. The van der Waals surface area contributed by atoms with E-state index in [4.69, 9.17) is 11.6 Å². The predicted molar refractivity (Wildman–Crippen MR) is 102 cm³/mol. The van der Waals surface area contributed by atoms with E-state index in [0.29, 0.717) is 15.7 Å². The summed E-state index contributed by atoms with van der Waals surface area (Å²) in [6, 6.07) is 16.1. The Morgan fingerprint density at radius 1 is 1.04 bits per heavy atom. The summed E-state index contributed by atoms with van der Waals surface area (Å²) in [4.78, 5) is 31.2. The zero-order chi connectivity index (χ0) is 18.4. The molecule has 2 aromatic carbocycles. The number of imidazole rings is 1. The Labute approximate surface area is 159 Å². The minimum atomic E-state index is -0.413. The van der Waals surface area contributed by atoms with Crippen molar-refractivity contribution >= 4 is 35.2 Å². The molecule has 3 rings (SSSR count). The molecule has 26 heavy (non-hydrogen) atoms. The second-order valence-corrected chi connectivity index (χ2v) is 6.67. The van der Waals surface area contributed by atoms with Crippen LogP contribution in [0.15, 0.2) is 66.0 Å². The van der Waals surface area contributed by atoms with Gasteiger partial charge in [0.2, 0.25) is 5.91 Å². The predicted octanol–water partition coefficient (Wildman–Crippen LogP) is 3.28. The van der Waals surface area contributed by atoms with Crippen molar-refractivity contribution in [1.82, 2.24) is 20.8 Å². The average molecular weight is 387 g/mol. The fraction of sp³-hybridized carbons (Fsp3) is 0.0556. The molecule has 0 aliphatic rings. The van der Waals surface area contributed by atoms with E-state index in [1.165, 1.54) is 11.8 Å². The number of hydrogen-bond donors (Lipinski definition) is 3. The molecule has 0 atom stereocenters. The van der Waals surface area contributed by atoms with Crippen LogP contribution in [-0.2, 0) is 4.79 Å². The number of amides is 2. The third-order valence-corrected chi connectivity index (χ3v) is 4.54. The van der Waals surface area contributed by atoms with Crippen LogP contribution in [-0.4, -0.2) is 27.5 Å². The Morgan fingerprint density at radius 3 is 2.50 bits per heavy atom. The van der Waals surface area contributed by atoms with E-state index in [9.17, 15) is 9.59 Å². The van der Waals surface area contributed by atoms with Gasteiger partial charge in [-0.2, -0.15) is 0 Å². The number of aromatic nitrogens is 2. The van der Waals surface area contributed by atoms with Gasteiger partial charge in [0.15, 0.2) is 5.16 Å². The van der Waals surface area contributed by atoms with Crippen molar-refractivity contribution in [2.24, 2.45) is 0 Å². The number of hydrogen-bond acceptors (Lipinski definition) is 4. The molecule has 6 nitrogen and oxygen atoms in total. The highest BCUT2D eigenvalue weighted by molar-refractivity contribution is 7.99. The maximum Gasteiger partial charge on any atom is 0.269 e. The van der Waals surface area contributed by atoms with Gasteiger partial charge in [0, 0.05) is 10.6 Å². The van der Waals surface area contributed by atoms with Gasteiger partial charge >= 0.3 is 0 Å². The Morgan fingerprint density at radius 2 is 1.77 bits per heavy atom.